The Morgan fingerprint density at radius 3 is 3.15 bits per heavy atom. The molecule has 1 rings (SSSR count). The van der Waals surface area contributed by atoms with Gasteiger partial charge < -0.3 is 0 Å². The second-order valence-corrected chi connectivity index (χ2v) is 2.46. The summed E-state index contributed by atoms with van der Waals surface area (Å²) in [7, 11) is 0. The monoisotopic (exact) mass is 174 g/mol. The van der Waals surface area contributed by atoms with Crippen LogP contribution in [0.25, 0.3) is 16.5 Å². The van der Waals surface area contributed by atoms with Gasteiger partial charge in [-0.05, 0) is 30.2 Å². The fourth-order valence-electron chi connectivity index (χ4n) is 0.960. The van der Waals surface area contributed by atoms with E-state index in [1.165, 1.54) is 0 Å². The second kappa shape index (κ2) is 4.95. The molecule has 1 aromatic rings. The molecule has 1 aromatic heterocycles. The third-order valence-electron chi connectivity index (χ3n) is 1.57. The minimum atomic E-state index is 0.449. The lowest BCUT2D eigenvalue weighted by Gasteiger charge is -1.97. The van der Waals surface area contributed by atoms with Crippen molar-refractivity contribution in [2.45, 2.75) is 6.42 Å². The van der Waals surface area contributed by atoms with Crippen molar-refractivity contribution in [2.75, 3.05) is 6.54 Å². The van der Waals surface area contributed by atoms with Crippen molar-refractivity contribution in [3.05, 3.63) is 46.6 Å². The molecule has 0 amide bonds. The summed E-state index contributed by atoms with van der Waals surface area (Å²) >= 11 is 0. The van der Waals surface area contributed by atoms with Gasteiger partial charge in [-0.3, -0.25) is 4.98 Å². The highest BCUT2D eigenvalue weighted by molar-refractivity contribution is 5.41. The maximum Gasteiger partial charge on any atom is 0.0627 e. The van der Waals surface area contributed by atoms with E-state index in [0.717, 1.165) is 11.4 Å². The van der Waals surface area contributed by atoms with Crippen molar-refractivity contribution in [1.82, 2.24) is 4.98 Å². The summed E-state index contributed by atoms with van der Waals surface area (Å²) in [5, 5.41) is 3.44. The average Bonchev–Trinajstić information content (AvgIpc) is 2.19. The maximum atomic E-state index is 8.07. The van der Waals surface area contributed by atoms with Gasteiger partial charge in [-0.25, -0.2) is 0 Å². The number of hydrogen-bond donors (Lipinski definition) is 0. The molecule has 0 aliphatic heterocycles. The molecular formula is C9H10N4. The van der Waals surface area contributed by atoms with E-state index < -0.39 is 0 Å². The fraction of sp³-hybridized carbons (Fsp3) is 0.222. The van der Waals surface area contributed by atoms with Crippen LogP contribution in [0.5, 0.6) is 0 Å². The first-order valence-corrected chi connectivity index (χ1v) is 3.96. The van der Waals surface area contributed by atoms with Gasteiger partial charge in [0.1, 0.15) is 0 Å². The molecule has 0 radical (unpaired) electrons. The van der Waals surface area contributed by atoms with Crippen LogP contribution in [0.4, 0.5) is 0 Å². The lowest BCUT2D eigenvalue weighted by molar-refractivity contribution is 0.912. The normalized spacial score (nSPS) is 8.92. The molecule has 0 fully saturated rings. The van der Waals surface area contributed by atoms with E-state index in [1.54, 1.807) is 6.08 Å². The number of aromatic nitrogens is 1. The Labute approximate surface area is 76.6 Å². The molecule has 4 heteroatoms. The van der Waals surface area contributed by atoms with Gasteiger partial charge in [-0.15, -0.1) is 0 Å². The SMILES string of the molecule is C=Cc1cccc(CCN=[N+]=[N-])n1. The zero-order chi connectivity index (χ0) is 9.52. The molecule has 0 aromatic carbocycles. The summed E-state index contributed by atoms with van der Waals surface area (Å²) in [5.74, 6) is 0. The molecule has 0 N–H and O–H groups in total. The minimum Gasteiger partial charge on any atom is -0.254 e. The molecular weight excluding hydrogens is 164 g/mol. The highest BCUT2D eigenvalue weighted by atomic mass is 15.1. The largest absolute Gasteiger partial charge is 0.254 e. The van der Waals surface area contributed by atoms with Gasteiger partial charge >= 0.3 is 0 Å². The number of azide groups is 1. The van der Waals surface area contributed by atoms with Gasteiger partial charge in [0.15, 0.2) is 0 Å². The molecule has 0 bridgehead atoms. The predicted octanol–water partition coefficient (Wildman–Crippen LogP) is 2.58. The highest BCUT2D eigenvalue weighted by Crippen LogP contribution is 2.01. The molecule has 0 saturated carbocycles. The van der Waals surface area contributed by atoms with Crippen LogP contribution in [-0.4, -0.2) is 11.5 Å². The third-order valence-corrected chi connectivity index (χ3v) is 1.57. The van der Waals surface area contributed by atoms with Crippen molar-refractivity contribution in [3.8, 4) is 0 Å². The molecule has 66 valence electrons. The number of hydrogen-bond acceptors (Lipinski definition) is 2. The topological polar surface area (TPSA) is 61.7 Å². The van der Waals surface area contributed by atoms with Gasteiger partial charge in [0.25, 0.3) is 0 Å². The zero-order valence-corrected chi connectivity index (χ0v) is 7.22. The van der Waals surface area contributed by atoms with Crippen LogP contribution in [0.3, 0.4) is 0 Å². The number of pyridine rings is 1. The van der Waals surface area contributed by atoms with Crippen LogP contribution in [0.1, 0.15) is 11.4 Å². The van der Waals surface area contributed by atoms with Gasteiger partial charge in [0.05, 0.1) is 5.69 Å². The van der Waals surface area contributed by atoms with Crippen LogP contribution in [0, 0.1) is 0 Å². The molecule has 0 aliphatic rings. The van der Waals surface area contributed by atoms with Crippen LogP contribution in [0.15, 0.2) is 29.9 Å². The first-order valence-electron chi connectivity index (χ1n) is 3.96. The first kappa shape index (κ1) is 9.29. The lowest BCUT2D eigenvalue weighted by atomic mass is 10.2. The Hall–Kier alpha value is -1.80. The van der Waals surface area contributed by atoms with E-state index in [9.17, 15) is 0 Å². The molecule has 0 saturated heterocycles. The molecule has 0 spiro atoms. The Kier molecular flexibility index (Phi) is 3.54. The van der Waals surface area contributed by atoms with E-state index in [4.69, 9.17) is 5.53 Å². The van der Waals surface area contributed by atoms with Crippen molar-refractivity contribution in [3.63, 3.8) is 0 Å². The average molecular weight is 174 g/mol. The molecule has 13 heavy (non-hydrogen) atoms. The van der Waals surface area contributed by atoms with Crippen molar-refractivity contribution >= 4 is 6.08 Å². The molecule has 0 unspecified atom stereocenters. The minimum absolute atomic E-state index is 0.449. The molecule has 1 heterocycles. The zero-order valence-electron chi connectivity index (χ0n) is 7.22. The Balaban J connectivity index is 2.65. The maximum absolute atomic E-state index is 8.07. The summed E-state index contributed by atoms with van der Waals surface area (Å²) < 4.78 is 0. The second-order valence-electron chi connectivity index (χ2n) is 2.46. The number of nitrogens with zero attached hydrogens (tertiary/aromatic N) is 4. The lowest BCUT2D eigenvalue weighted by Crippen LogP contribution is -1.93. The van der Waals surface area contributed by atoms with E-state index in [-0.39, 0.29) is 0 Å². The van der Waals surface area contributed by atoms with Crippen molar-refractivity contribution < 1.29 is 0 Å². The van der Waals surface area contributed by atoms with Crippen LogP contribution >= 0.6 is 0 Å². The Morgan fingerprint density at radius 2 is 2.46 bits per heavy atom. The van der Waals surface area contributed by atoms with E-state index in [0.29, 0.717) is 13.0 Å². The van der Waals surface area contributed by atoms with Crippen molar-refractivity contribution in [1.29, 1.82) is 0 Å². The first-order chi connectivity index (χ1) is 6.36. The predicted molar refractivity (Wildman–Crippen MR) is 52.0 cm³/mol. The Bertz CT molecular complexity index is 339. The van der Waals surface area contributed by atoms with Crippen molar-refractivity contribution in [2.24, 2.45) is 5.11 Å². The van der Waals surface area contributed by atoms with Gasteiger partial charge in [0.2, 0.25) is 0 Å². The van der Waals surface area contributed by atoms with Crippen LogP contribution in [-0.2, 0) is 6.42 Å². The standard InChI is InChI=1S/C9H10N4/c1-2-8-4-3-5-9(12-8)6-7-11-13-10/h2-5H,1,6-7H2. The van der Waals surface area contributed by atoms with Crippen LogP contribution in [0.2, 0.25) is 0 Å². The molecule has 4 nitrogen and oxygen atoms in total. The van der Waals surface area contributed by atoms with Gasteiger partial charge in [-0.2, -0.15) is 0 Å². The van der Waals surface area contributed by atoms with E-state index in [1.807, 2.05) is 18.2 Å². The fourth-order valence-corrected chi connectivity index (χ4v) is 0.960. The summed E-state index contributed by atoms with van der Waals surface area (Å²) in [6.07, 6.45) is 2.36. The summed E-state index contributed by atoms with van der Waals surface area (Å²) in [6.45, 7) is 4.07. The Morgan fingerprint density at radius 1 is 1.62 bits per heavy atom. The summed E-state index contributed by atoms with van der Waals surface area (Å²) in [4.78, 5) is 6.93. The highest BCUT2D eigenvalue weighted by Gasteiger charge is 1.93. The smallest absolute Gasteiger partial charge is 0.0627 e. The molecule has 0 atom stereocenters. The van der Waals surface area contributed by atoms with Crippen LogP contribution < -0.4 is 0 Å². The quantitative estimate of drug-likeness (QED) is 0.393. The van der Waals surface area contributed by atoms with E-state index >= 15 is 0 Å². The third kappa shape index (κ3) is 2.97. The van der Waals surface area contributed by atoms with Gasteiger partial charge in [-0.1, -0.05) is 17.8 Å². The number of rotatable bonds is 4. The van der Waals surface area contributed by atoms with E-state index in [2.05, 4.69) is 21.6 Å². The summed E-state index contributed by atoms with van der Waals surface area (Å²) in [5.41, 5.74) is 9.83. The summed E-state index contributed by atoms with van der Waals surface area (Å²) in [6, 6.07) is 5.69. The van der Waals surface area contributed by atoms with Gasteiger partial charge in [0, 0.05) is 17.2 Å². The molecule has 0 aliphatic carbocycles.